The molecule has 1 aromatic carbocycles. The van der Waals surface area contributed by atoms with Crippen molar-refractivity contribution in [2.45, 2.75) is 51.3 Å². The number of rotatable bonds is 3. The molecule has 3 rings (SSSR count). The lowest BCUT2D eigenvalue weighted by Crippen LogP contribution is -2.64. The van der Waals surface area contributed by atoms with Crippen LogP contribution in [-0.4, -0.2) is 61.3 Å². The van der Waals surface area contributed by atoms with Gasteiger partial charge in [0.05, 0.1) is 19.2 Å². The number of piperidine rings is 1. The van der Waals surface area contributed by atoms with Crippen molar-refractivity contribution in [2.24, 2.45) is 4.99 Å². The number of amides is 1. The van der Waals surface area contributed by atoms with E-state index in [0.29, 0.717) is 19.6 Å². The number of likely N-dealkylation sites (tertiary alicyclic amines) is 1. The van der Waals surface area contributed by atoms with Crippen LogP contribution < -0.4 is 15.4 Å². The van der Waals surface area contributed by atoms with Gasteiger partial charge in [-0.2, -0.15) is 0 Å². The predicted octanol–water partition coefficient (Wildman–Crippen LogP) is 2.56. The maximum absolute atomic E-state index is 12.4. The van der Waals surface area contributed by atoms with Crippen LogP contribution in [0.4, 0.5) is 4.79 Å². The van der Waals surface area contributed by atoms with Gasteiger partial charge in [0.1, 0.15) is 17.2 Å². The third-order valence-electron chi connectivity index (χ3n) is 5.21. The number of amidine groups is 1. The number of aliphatic imine (C=N–C) groups is 1. The van der Waals surface area contributed by atoms with Crippen LogP contribution in [-0.2, 0) is 11.3 Å². The summed E-state index contributed by atoms with van der Waals surface area (Å²) >= 11 is 0. The zero-order valence-electron chi connectivity index (χ0n) is 17.4. The third kappa shape index (κ3) is 4.76. The molecule has 1 fully saturated rings. The van der Waals surface area contributed by atoms with Crippen molar-refractivity contribution in [1.82, 2.24) is 15.5 Å². The first-order valence-corrected chi connectivity index (χ1v) is 9.97. The van der Waals surface area contributed by atoms with Gasteiger partial charge in [-0.05, 0) is 39.7 Å². The highest BCUT2D eigenvalue weighted by atomic mass is 16.6. The highest BCUT2D eigenvalue weighted by Gasteiger charge is 2.42. The Hall–Kier alpha value is -2.28. The summed E-state index contributed by atoms with van der Waals surface area (Å²) in [7, 11) is 1.69. The van der Waals surface area contributed by atoms with Gasteiger partial charge in [-0.1, -0.05) is 18.2 Å². The second-order valence-corrected chi connectivity index (χ2v) is 8.37. The van der Waals surface area contributed by atoms with Crippen molar-refractivity contribution < 1.29 is 14.3 Å². The molecule has 0 saturated carbocycles. The number of hydrogen-bond acceptors (Lipinski definition) is 6. The Morgan fingerprint density at radius 3 is 2.68 bits per heavy atom. The van der Waals surface area contributed by atoms with Gasteiger partial charge in [-0.15, -0.1) is 0 Å². The molecule has 28 heavy (non-hydrogen) atoms. The first-order chi connectivity index (χ1) is 13.3. The van der Waals surface area contributed by atoms with E-state index in [0.717, 1.165) is 43.1 Å². The molecule has 2 aliphatic rings. The normalized spacial score (nSPS) is 19.1. The van der Waals surface area contributed by atoms with E-state index in [1.165, 1.54) is 0 Å². The lowest BCUT2D eigenvalue weighted by molar-refractivity contribution is 0.0177. The molecule has 0 radical (unpaired) electrons. The van der Waals surface area contributed by atoms with Gasteiger partial charge in [0, 0.05) is 31.7 Å². The molecule has 1 amide bonds. The third-order valence-corrected chi connectivity index (χ3v) is 5.21. The number of para-hydroxylation sites is 1. The smallest absolute Gasteiger partial charge is 0.410 e. The Morgan fingerprint density at radius 2 is 2.00 bits per heavy atom. The standard InChI is InChI=1S/C21H32N4O3/c1-20(2,3)28-19(26)25-13-9-21(10-14-25)18(22-11-12-24-21)23-15-16-7-5-6-8-17(16)27-4/h5-8,24H,9-15H2,1-4H3,(H,22,23). The van der Waals surface area contributed by atoms with Crippen molar-refractivity contribution in [1.29, 1.82) is 0 Å². The molecule has 154 valence electrons. The highest BCUT2D eigenvalue weighted by molar-refractivity contribution is 5.92. The molecule has 0 atom stereocenters. The van der Waals surface area contributed by atoms with Crippen molar-refractivity contribution >= 4 is 11.9 Å². The monoisotopic (exact) mass is 388 g/mol. The number of nitrogens with zero attached hydrogens (tertiary/aromatic N) is 2. The zero-order valence-corrected chi connectivity index (χ0v) is 17.4. The Labute approximate surface area is 167 Å². The Kier molecular flexibility index (Phi) is 6.13. The fourth-order valence-corrected chi connectivity index (χ4v) is 3.76. The van der Waals surface area contributed by atoms with Gasteiger partial charge in [0.2, 0.25) is 0 Å². The molecule has 0 aromatic heterocycles. The molecule has 7 heteroatoms. The lowest BCUT2D eigenvalue weighted by atomic mass is 9.85. The first-order valence-electron chi connectivity index (χ1n) is 9.97. The predicted molar refractivity (Wildman–Crippen MR) is 110 cm³/mol. The van der Waals surface area contributed by atoms with Gasteiger partial charge in [-0.3, -0.25) is 4.99 Å². The average molecular weight is 389 g/mol. The molecular weight excluding hydrogens is 356 g/mol. The molecule has 2 heterocycles. The summed E-state index contributed by atoms with van der Waals surface area (Å²) in [6.07, 6.45) is 1.38. The number of carbonyl (C=O) groups is 1. The van der Waals surface area contributed by atoms with Crippen LogP contribution in [0, 0.1) is 0 Å². The summed E-state index contributed by atoms with van der Waals surface area (Å²) in [6.45, 7) is 9.25. The molecule has 0 bridgehead atoms. The number of ether oxygens (including phenoxy) is 2. The van der Waals surface area contributed by atoms with Gasteiger partial charge in [0.15, 0.2) is 0 Å². The quantitative estimate of drug-likeness (QED) is 0.832. The number of nitrogens with one attached hydrogen (secondary N) is 2. The van der Waals surface area contributed by atoms with Gasteiger partial charge >= 0.3 is 6.09 Å². The van der Waals surface area contributed by atoms with E-state index in [1.807, 2.05) is 39.0 Å². The SMILES string of the molecule is COc1ccccc1CNC1=NCCNC12CCN(C(=O)OC(C)(C)C)CC2. The zero-order chi connectivity index (χ0) is 20.2. The second kappa shape index (κ2) is 8.39. The van der Waals surface area contributed by atoms with Crippen molar-refractivity contribution in [3.05, 3.63) is 29.8 Å². The molecule has 0 aliphatic carbocycles. The van der Waals surface area contributed by atoms with Crippen LogP contribution in [0.3, 0.4) is 0 Å². The van der Waals surface area contributed by atoms with Crippen molar-refractivity contribution in [2.75, 3.05) is 33.3 Å². The lowest BCUT2D eigenvalue weighted by Gasteiger charge is -2.45. The molecule has 1 saturated heterocycles. The molecule has 7 nitrogen and oxygen atoms in total. The van der Waals surface area contributed by atoms with E-state index in [4.69, 9.17) is 14.5 Å². The van der Waals surface area contributed by atoms with E-state index in [9.17, 15) is 4.79 Å². The maximum atomic E-state index is 12.4. The molecular formula is C21H32N4O3. The van der Waals surface area contributed by atoms with Crippen LogP contribution >= 0.6 is 0 Å². The molecule has 0 unspecified atom stereocenters. The molecule has 2 aliphatic heterocycles. The van der Waals surface area contributed by atoms with E-state index in [2.05, 4.69) is 16.7 Å². The minimum atomic E-state index is -0.474. The molecule has 2 N–H and O–H groups in total. The van der Waals surface area contributed by atoms with E-state index in [-0.39, 0.29) is 11.6 Å². The Balaban J connectivity index is 1.64. The van der Waals surface area contributed by atoms with Crippen molar-refractivity contribution in [3.63, 3.8) is 0 Å². The average Bonchev–Trinajstić information content (AvgIpc) is 2.67. The minimum absolute atomic E-state index is 0.210. The summed E-state index contributed by atoms with van der Waals surface area (Å²) in [5.41, 5.74) is 0.413. The maximum Gasteiger partial charge on any atom is 0.410 e. The number of methoxy groups -OCH3 is 1. The van der Waals surface area contributed by atoms with Crippen molar-refractivity contribution in [3.8, 4) is 5.75 Å². The summed E-state index contributed by atoms with van der Waals surface area (Å²) in [6, 6.07) is 8.00. The van der Waals surface area contributed by atoms with Gasteiger partial charge < -0.3 is 25.0 Å². The minimum Gasteiger partial charge on any atom is -0.496 e. The topological polar surface area (TPSA) is 75.2 Å². The van der Waals surface area contributed by atoms with Crippen LogP contribution in [0.15, 0.2) is 29.3 Å². The summed E-state index contributed by atoms with van der Waals surface area (Å²) in [5, 5.41) is 7.18. The number of hydrogen-bond donors (Lipinski definition) is 2. The number of benzene rings is 1. The van der Waals surface area contributed by atoms with Crippen LogP contribution in [0.1, 0.15) is 39.2 Å². The highest BCUT2D eigenvalue weighted by Crippen LogP contribution is 2.27. The first kappa shape index (κ1) is 20.5. The van der Waals surface area contributed by atoms with Crippen LogP contribution in [0.2, 0.25) is 0 Å². The van der Waals surface area contributed by atoms with E-state index < -0.39 is 5.60 Å². The largest absolute Gasteiger partial charge is 0.496 e. The van der Waals surface area contributed by atoms with Gasteiger partial charge in [-0.25, -0.2) is 4.79 Å². The fraction of sp³-hybridized carbons (Fsp3) is 0.619. The summed E-state index contributed by atoms with van der Waals surface area (Å²) < 4.78 is 11.0. The summed E-state index contributed by atoms with van der Waals surface area (Å²) in [4.78, 5) is 18.9. The van der Waals surface area contributed by atoms with E-state index >= 15 is 0 Å². The van der Waals surface area contributed by atoms with Crippen LogP contribution in [0.5, 0.6) is 5.75 Å². The Morgan fingerprint density at radius 1 is 1.29 bits per heavy atom. The number of carbonyl (C=O) groups excluding carboxylic acids is 1. The van der Waals surface area contributed by atoms with E-state index in [1.54, 1.807) is 12.0 Å². The molecule has 1 aromatic rings. The fourth-order valence-electron chi connectivity index (χ4n) is 3.76. The Bertz CT molecular complexity index is 719. The second-order valence-electron chi connectivity index (χ2n) is 8.37. The molecule has 1 spiro atoms. The van der Waals surface area contributed by atoms with Crippen LogP contribution in [0.25, 0.3) is 0 Å². The summed E-state index contributed by atoms with van der Waals surface area (Å²) in [5.74, 6) is 1.85. The van der Waals surface area contributed by atoms with Gasteiger partial charge in [0.25, 0.3) is 0 Å².